The molecule has 0 unspecified atom stereocenters. The normalized spacial score (nSPS) is 16.2. The summed E-state index contributed by atoms with van der Waals surface area (Å²) in [6.07, 6.45) is 0. The molecule has 28 heavy (non-hydrogen) atoms. The first-order chi connectivity index (χ1) is 13.6. The Morgan fingerprint density at radius 1 is 1.00 bits per heavy atom. The van der Waals surface area contributed by atoms with Crippen LogP contribution < -0.4 is 10.2 Å². The number of nitrogens with zero attached hydrogens (tertiary/aromatic N) is 1. The van der Waals surface area contributed by atoms with Crippen LogP contribution in [0.25, 0.3) is 0 Å². The first-order valence-corrected chi connectivity index (χ1v) is 9.82. The minimum absolute atomic E-state index is 0.0275. The Morgan fingerprint density at radius 2 is 1.75 bits per heavy atom. The van der Waals surface area contributed by atoms with Crippen LogP contribution in [0, 0.1) is 5.82 Å². The van der Waals surface area contributed by atoms with Gasteiger partial charge >= 0.3 is 0 Å². The van der Waals surface area contributed by atoms with Crippen molar-refractivity contribution in [3.63, 3.8) is 0 Å². The highest BCUT2D eigenvalue weighted by Crippen LogP contribution is 2.42. The van der Waals surface area contributed by atoms with E-state index in [0.717, 1.165) is 5.56 Å². The van der Waals surface area contributed by atoms with Crippen LogP contribution in [0.1, 0.15) is 21.3 Å². The first-order valence-electron chi connectivity index (χ1n) is 8.77. The molecule has 0 spiro atoms. The molecular weight excluding hydrogens is 375 g/mol. The van der Waals surface area contributed by atoms with E-state index in [9.17, 15) is 14.0 Å². The maximum absolute atomic E-state index is 13.3. The van der Waals surface area contributed by atoms with E-state index in [0.29, 0.717) is 22.7 Å². The van der Waals surface area contributed by atoms with Crippen molar-refractivity contribution in [1.29, 1.82) is 0 Å². The number of amides is 2. The Balaban J connectivity index is 1.58. The van der Waals surface area contributed by atoms with Crippen LogP contribution >= 0.6 is 11.8 Å². The largest absolute Gasteiger partial charge is 0.322 e. The molecule has 0 aromatic heterocycles. The quantitative estimate of drug-likeness (QED) is 0.690. The number of thioether (sulfide) groups is 1. The smallest absolute Gasteiger partial charge is 0.255 e. The molecule has 140 valence electrons. The lowest BCUT2D eigenvalue weighted by Crippen LogP contribution is -2.27. The van der Waals surface area contributed by atoms with Crippen LogP contribution in [0.15, 0.2) is 78.9 Å². The highest BCUT2D eigenvalue weighted by Gasteiger charge is 2.34. The standard InChI is InChI=1S/C22H17FN2O2S/c23-17-9-11-19(12-10-17)25-20(26)14-28-22(25)16-7-4-8-18(13-16)24-21(27)15-5-2-1-3-6-15/h1-13,22H,14H2,(H,24,27)/t22-/m1/s1. The highest BCUT2D eigenvalue weighted by atomic mass is 32.2. The predicted molar refractivity (Wildman–Crippen MR) is 110 cm³/mol. The number of benzene rings is 3. The molecule has 1 atom stereocenters. The molecular formula is C22H17FN2O2S. The van der Waals surface area contributed by atoms with E-state index >= 15 is 0 Å². The topological polar surface area (TPSA) is 49.4 Å². The van der Waals surface area contributed by atoms with Crippen molar-refractivity contribution in [3.8, 4) is 0 Å². The number of carbonyl (C=O) groups is 2. The van der Waals surface area contributed by atoms with E-state index in [1.807, 2.05) is 42.5 Å². The van der Waals surface area contributed by atoms with Gasteiger partial charge < -0.3 is 5.32 Å². The molecule has 4 rings (SSSR count). The van der Waals surface area contributed by atoms with Crippen LogP contribution in [0.5, 0.6) is 0 Å². The number of carbonyl (C=O) groups excluding carboxylic acids is 2. The maximum Gasteiger partial charge on any atom is 0.255 e. The van der Waals surface area contributed by atoms with Gasteiger partial charge in [-0.25, -0.2) is 4.39 Å². The van der Waals surface area contributed by atoms with E-state index in [4.69, 9.17) is 0 Å². The minimum Gasteiger partial charge on any atom is -0.322 e. The van der Waals surface area contributed by atoms with E-state index < -0.39 is 0 Å². The Hall–Kier alpha value is -3.12. The van der Waals surface area contributed by atoms with Crippen molar-refractivity contribution in [2.75, 3.05) is 16.0 Å². The van der Waals surface area contributed by atoms with Gasteiger partial charge in [0.25, 0.3) is 5.91 Å². The van der Waals surface area contributed by atoms with Gasteiger partial charge in [0.2, 0.25) is 5.91 Å². The Kier molecular flexibility index (Phi) is 5.12. The SMILES string of the molecule is O=C(Nc1cccc([C@H]2SCC(=O)N2c2ccc(F)cc2)c1)c1ccccc1. The first kappa shape index (κ1) is 18.3. The fraction of sp³-hybridized carbons (Fsp3) is 0.0909. The van der Waals surface area contributed by atoms with E-state index in [2.05, 4.69) is 5.32 Å². The molecule has 6 heteroatoms. The summed E-state index contributed by atoms with van der Waals surface area (Å²) in [5, 5.41) is 2.66. The van der Waals surface area contributed by atoms with Crippen LogP contribution in [0.3, 0.4) is 0 Å². The fourth-order valence-corrected chi connectivity index (χ4v) is 4.28. The second kappa shape index (κ2) is 7.86. The number of nitrogens with one attached hydrogen (secondary N) is 1. The van der Waals surface area contributed by atoms with E-state index in [1.165, 1.54) is 23.9 Å². The van der Waals surface area contributed by atoms with Crippen molar-refractivity contribution in [2.45, 2.75) is 5.37 Å². The van der Waals surface area contributed by atoms with Gasteiger partial charge in [0, 0.05) is 16.9 Å². The molecule has 1 heterocycles. The summed E-state index contributed by atoms with van der Waals surface area (Å²) in [7, 11) is 0. The van der Waals surface area contributed by atoms with Gasteiger partial charge in [-0.05, 0) is 54.1 Å². The zero-order valence-electron chi connectivity index (χ0n) is 14.8. The summed E-state index contributed by atoms with van der Waals surface area (Å²) < 4.78 is 13.3. The predicted octanol–water partition coefficient (Wildman–Crippen LogP) is 4.86. The summed E-state index contributed by atoms with van der Waals surface area (Å²) in [6, 6.07) is 22.3. The number of anilines is 2. The molecule has 1 N–H and O–H groups in total. The van der Waals surface area contributed by atoms with Crippen molar-refractivity contribution in [3.05, 3.63) is 95.8 Å². The zero-order chi connectivity index (χ0) is 19.5. The molecule has 0 radical (unpaired) electrons. The van der Waals surface area contributed by atoms with Crippen molar-refractivity contribution in [2.24, 2.45) is 0 Å². The monoisotopic (exact) mass is 392 g/mol. The van der Waals surface area contributed by atoms with Crippen molar-refractivity contribution < 1.29 is 14.0 Å². The average Bonchev–Trinajstić information content (AvgIpc) is 3.11. The van der Waals surface area contributed by atoms with Crippen LogP contribution in [-0.2, 0) is 4.79 Å². The minimum atomic E-state index is -0.342. The lowest BCUT2D eigenvalue weighted by atomic mass is 10.1. The van der Waals surface area contributed by atoms with Crippen molar-refractivity contribution in [1.82, 2.24) is 0 Å². The molecule has 1 aliphatic heterocycles. The summed E-state index contributed by atoms with van der Waals surface area (Å²) >= 11 is 1.50. The molecule has 4 nitrogen and oxygen atoms in total. The van der Waals surface area contributed by atoms with Gasteiger partial charge in [-0.3, -0.25) is 14.5 Å². The summed E-state index contributed by atoms with van der Waals surface area (Å²) in [5.74, 6) is -0.211. The third kappa shape index (κ3) is 3.77. The van der Waals surface area contributed by atoms with Gasteiger partial charge in [-0.15, -0.1) is 11.8 Å². The van der Waals surface area contributed by atoms with Gasteiger partial charge in [0.15, 0.2) is 0 Å². The van der Waals surface area contributed by atoms with Crippen LogP contribution in [0.2, 0.25) is 0 Å². The third-order valence-corrected chi connectivity index (χ3v) is 5.65. The van der Waals surface area contributed by atoms with Gasteiger partial charge in [0.1, 0.15) is 11.2 Å². The lowest BCUT2D eigenvalue weighted by molar-refractivity contribution is -0.115. The van der Waals surface area contributed by atoms with Crippen LogP contribution in [0.4, 0.5) is 15.8 Å². The second-order valence-electron chi connectivity index (χ2n) is 6.35. The molecule has 3 aromatic rings. The molecule has 0 bridgehead atoms. The highest BCUT2D eigenvalue weighted by molar-refractivity contribution is 8.00. The molecule has 0 aliphatic carbocycles. The summed E-state index contributed by atoms with van der Waals surface area (Å²) in [5.41, 5.74) is 2.78. The Morgan fingerprint density at radius 3 is 2.50 bits per heavy atom. The number of hydrogen-bond acceptors (Lipinski definition) is 3. The van der Waals surface area contributed by atoms with E-state index in [-0.39, 0.29) is 23.0 Å². The number of hydrogen-bond donors (Lipinski definition) is 1. The van der Waals surface area contributed by atoms with Gasteiger partial charge in [-0.1, -0.05) is 30.3 Å². The molecule has 2 amide bonds. The lowest BCUT2D eigenvalue weighted by Gasteiger charge is -2.24. The molecule has 3 aromatic carbocycles. The molecule has 1 saturated heterocycles. The zero-order valence-corrected chi connectivity index (χ0v) is 15.7. The number of halogens is 1. The van der Waals surface area contributed by atoms with Gasteiger partial charge in [0.05, 0.1) is 5.75 Å². The Labute approximate surface area is 166 Å². The maximum atomic E-state index is 13.3. The van der Waals surface area contributed by atoms with E-state index in [1.54, 1.807) is 29.2 Å². The third-order valence-electron chi connectivity index (χ3n) is 4.44. The molecule has 1 fully saturated rings. The average molecular weight is 392 g/mol. The molecule has 0 saturated carbocycles. The second-order valence-corrected chi connectivity index (χ2v) is 7.42. The summed E-state index contributed by atoms with van der Waals surface area (Å²) in [4.78, 5) is 26.5. The summed E-state index contributed by atoms with van der Waals surface area (Å²) in [6.45, 7) is 0. The Bertz CT molecular complexity index is 1010. The number of rotatable bonds is 4. The fourth-order valence-electron chi connectivity index (χ4n) is 3.11. The van der Waals surface area contributed by atoms with Crippen molar-refractivity contribution >= 4 is 35.0 Å². The molecule has 1 aliphatic rings. The van der Waals surface area contributed by atoms with Gasteiger partial charge in [-0.2, -0.15) is 0 Å². The van der Waals surface area contributed by atoms with Crippen LogP contribution in [-0.4, -0.2) is 17.6 Å².